The number of ether oxygens (including phenoxy) is 2. The first-order valence-corrected chi connectivity index (χ1v) is 14.3. The average Bonchev–Trinajstić information content (AvgIpc) is 2.93. The number of aryl methyl sites for hydroxylation is 1. The fourth-order valence-electron chi connectivity index (χ4n) is 5.04. The van der Waals surface area contributed by atoms with Gasteiger partial charge in [-0.15, -0.1) is 11.8 Å². The summed E-state index contributed by atoms with van der Waals surface area (Å²) in [6.45, 7) is 4.71. The third-order valence-electron chi connectivity index (χ3n) is 7.34. The fourth-order valence-corrected chi connectivity index (χ4v) is 5.94. The van der Waals surface area contributed by atoms with Crippen molar-refractivity contribution in [3.63, 3.8) is 0 Å². The van der Waals surface area contributed by atoms with Gasteiger partial charge in [-0.25, -0.2) is 4.99 Å². The number of phenolic OH excluding ortho intramolecular Hbond substituents is 1. The predicted octanol–water partition coefficient (Wildman–Crippen LogP) is 6.65. The van der Waals surface area contributed by atoms with Gasteiger partial charge in [0.1, 0.15) is 22.8 Å². The van der Waals surface area contributed by atoms with Crippen molar-refractivity contribution in [1.82, 2.24) is 0 Å². The van der Waals surface area contributed by atoms with Crippen molar-refractivity contribution in [1.29, 1.82) is 0 Å². The van der Waals surface area contributed by atoms with Crippen LogP contribution in [0.5, 0.6) is 17.2 Å². The van der Waals surface area contributed by atoms with Gasteiger partial charge in [-0.05, 0) is 80.6 Å². The number of guanidine groups is 1. The van der Waals surface area contributed by atoms with Gasteiger partial charge in [0.15, 0.2) is 5.96 Å². The number of phenols is 1. The van der Waals surface area contributed by atoms with E-state index in [1.54, 1.807) is 11.8 Å². The zero-order chi connectivity index (χ0) is 27.4. The lowest BCUT2D eigenvalue weighted by Crippen LogP contribution is -2.38. The summed E-state index contributed by atoms with van der Waals surface area (Å²) >= 11 is 1.80. The molecule has 6 nitrogen and oxygen atoms in total. The summed E-state index contributed by atoms with van der Waals surface area (Å²) in [5.41, 5.74) is 14.6. The highest BCUT2D eigenvalue weighted by atomic mass is 32.2. The first-order chi connectivity index (χ1) is 18.8. The number of hydrogen-bond acceptors (Lipinski definition) is 5. The summed E-state index contributed by atoms with van der Waals surface area (Å²) < 4.78 is 12.7. The predicted molar refractivity (Wildman–Crippen MR) is 161 cm³/mol. The van der Waals surface area contributed by atoms with Crippen LogP contribution in [0.15, 0.2) is 82.7 Å². The zero-order valence-corrected chi connectivity index (χ0v) is 23.3. The van der Waals surface area contributed by atoms with Crippen LogP contribution in [-0.2, 0) is 12.8 Å². The number of rotatable bonds is 9. The van der Waals surface area contributed by atoms with Crippen molar-refractivity contribution in [2.45, 2.75) is 50.0 Å². The molecule has 0 saturated carbocycles. The molecule has 0 aliphatic carbocycles. The lowest BCUT2D eigenvalue weighted by Gasteiger charge is -2.37. The van der Waals surface area contributed by atoms with Gasteiger partial charge >= 0.3 is 0 Å². The number of nitrogens with zero attached hydrogens (tertiary/aromatic N) is 1. The molecular formula is C32H35N3O3S. The van der Waals surface area contributed by atoms with Crippen LogP contribution in [0.1, 0.15) is 36.5 Å². The second kappa shape index (κ2) is 11.5. The molecule has 202 valence electrons. The minimum Gasteiger partial charge on any atom is -0.507 e. The summed E-state index contributed by atoms with van der Waals surface area (Å²) in [5.74, 6) is 3.18. The average molecular weight is 542 g/mol. The number of nitrogens with two attached hydrogens (primary N) is 2. The first kappa shape index (κ1) is 26.8. The molecule has 5 N–H and O–H groups in total. The summed E-state index contributed by atoms with van der Waals surface area (Å²) in [6.07, 6.45) is 3.51. The van der Waals surface area contributed by atoms with E-state index in [9.17, 15) is 5.11 Å². The maximum Gasteiger partial charge on any atom is 0.191 e. The van der Waals surface area contributed by atoms with Crippen molar-refractivity contribution in [2.24, 2.45) is 16.5 Å². The SMILES string of the molecule is Cc1c2c(c3ccccc3c1O)OC(C)(CCOc1ccc(CCSc3ccc(N=C(N)N)cc3)cc1)CC2. The molecule has 0 spiro atoms. The number of aromatic hydroxyl groups is 1. The van der Waals surface area contributed by atoms with Gasteiger partial charge in [0.25, 0.3) is 0 Å². The Kier molecular flexibility index (Phi) is 7.89. The van der Waals surface area contributed by atoms with Crippen LogP contribution in [-0.4, -0.2) is 29.0 Å². The molecule has 1 atom stereocenters. The van der Waals surface area contributed by atoms with Crippen LogP contribution in [0.3, 0.4) is 0 Å². The number of aliphatic imine (C=N–C) groups is 1. The quantitative estimate of drug-likeness (QED) is 0.125. The van der Waals surface area contributed by atoms with Crippen LogP contribution in [0.25, 0.3) is 10.8 Å². The molecule has 1 unspecified atom stereocenters. The van der Waals surface area contributed by atoms with Gasteiger partial charge in [0.05, 0.1) is 12.3 Å². The molecule has 0 saturated heterocycles. The molecule has 0 radical (unpaired) electrons. The van der Waals surface area contributed by atoms with Gasteiger partial charge in [-0.1, -0.05) is 36.4 Å². The Hall–Kier alpha value is -3.84. The van der Waals surface area contributed by atoms with Crippen LogP contribution < -0.4 is 20.9 Å². The lowest BCUT2D eigenvalue weighted by atomic mass is 9.86. The molecule has 0 amide bonds. The van der Waals surface area contributed by atoms with Gasteiger partial charge < -0.3 is 26.0 Å². The summed E-state index contributed by atoms with van der Waals surface area (Å²) in [4.78, 5) is 5.24. The van der Waals surface area contributed by atoms with Crippen LogP contribution in [0.2, 0.25) is 0 Å². The van der Waals surface area contributed by atoms with Gasteiger partial charge in [-0.3, -0.25) is 0 Å². The summed E-state index contributed by atoms with van der Waals surface area (Å²) in [7, 11) is 0. The Labute approximate surface area is 234 Å². The standard InChI is InChI=1S/C32H35N3O3S/c1-21-26-15-17-32(2,38-30(26)28-6-4-3-5-27(28)29(21)36)18-19-37-24-11-7-22(8-12-24)16-20-39-25-13-9-23(10-14-25)35-31(33)34/h3-14,36H,15-20H2,1-2H3,(H4,33,34,35). The molecule has 7 heteroatoms. The zero-order valence-electron chi connectivity index (χ0n) is 22.4. The van der Waals surface area contributed by atoms with Crippen LogP contribution in [0.4, 0.5) is 5.69 Å². The van der Waals surface area contributed by atoms with Crippen LogP contribution >= 0.6 is 11.8 Å². The van der Waals surface area contributed by atoms with E-state index in [2.05, 4.69) is 24.0 Å². The minimum absolute atomic E-state index is 0.0656. The Morgan fingerprint density at radius 2 is 1.74 bits per heavy atom. The van der Waals surface area contributed by atoms with Crippen molar-refractivity contribution >= 4 is 34.2 Å². The maximum absolute atomic E-state index is 10.7. The molecule has 1 aliphatic rings. The monoisotopic (exact) mass is 541 g/mol. The Balaban J connectivity index is 1.12. The smallest absolute Gasteiger partial charge is 0.191 e. The highest BCUT2D eigenvalue weighted by Crippen LogP contribution is 2.45. The number of thioether (sulfide) groups is 1. The molecular weight excluding hydrogens is 506 g/mol. The number of benzene rings is 4. The third kappa shape index (κ3) is 6.25. The lowest BCUT2D eigenvalue weighted by molar-refractivity contribution is 0.0437. The van der Waals surface area contributed by atoms with E-state index in [4.69, 9.17) is 20.9 Å². The molecule has 4 aromatic rings. The first-order valence-electron chi connectivity index (χ1n) is 13.3. The normalized spacial score (nSPS) is 16.4. The maximum atomic E-state index is 10.7. The van der Waals surface area contributed by atoms with E-state index in [1.807, 2.05) is 67.6 Å². The molecule has 0 bridgehead atoms. The number of fused-ring (bicyclic) bond motifs is 3. The molecule has 5 rings (SSSR count). The van der Waals surface area contributed by atoms with Crippen molar-refractivity contribution < 1.29 is 14.6 Å². The van der Waals surface area contributed by atoms with E-state index in [0.717, 1.165) is 70.5 Å². The van der Waals surface area contributed by atoms with Crippen LogP contribution in [0, 0.1) is 6.92 Å². The Morgan fingerprint density at radius 3 is 2.46 bits per heavy atom. The molecule has 1 aliphatic heterocycles. The second-order valence-corrected chi connectivity index (χ2v) is 11.4. The van der Waals surface area contributed by atoms with E-state index in [-0.39, 0.29) is 11.6 Å². The number of hydrogen-bond donors (Lipinski definition) is 3. The third-order valence-corrected chi connectivity index (χ3v) is 8.35. The van der Waals surface area contributed by atoms with Gasteiger partial charge in [-0.2, -0.15) is 0 Å². The molecule has 4 aromatic carbocycles. The van der Waals surface area contributed by atoms with Crippen molar-refractivity contribution in [2.75, 3.05) is 12.4 Å². The molecule has 0 aromatic heterocycles. The van der Waals surface area contributed by atoms with E-state index < -0.39 is 0 Å². The highest BCUT2D eigenvalue weighted by Gasteiger charge is 2.34. The molecule has 39 heavy (non-hydrogen) atoms. The van der Waals surface area contributed by atoms with Gasteiger partial charge in [0, 0.05) is 33.4 Å². The highest BCUT2D eigenvalue weighted by molar-refractivity contribution is 7.99. The topological polar surface area (TPSA) is 103 Å². The summed E-state index contributed by atoms with van der Waals surface area (Å²) in [6, 6.07) is 24.2. The second-order valence-electron chi connectivity index (χ2n) is 10.3. The largest absolute Gasteiger partial charge is 0.507 e. The Morgan fingerprint density at radius 1 is 1.03 bits per heavy atom. The molecule has 0 fully saturated rings. The van der Waals surface area contributed by atoms with Gasteiger partial charge in [0.2, 0.25) is 0 Å². The van der Waals surface area contributed by atoms with Crippen molar-refractivity contribution in [3.8, 4) is 17.2 Å². The molecule has 1 heterocycles. The Bertz CT molecular complexity index is 1480. The van der Waals surface area contributed by atoms with E-state index in [1.165, 1.54) is 10.5 Å². The van der Waals surface area contributed by atoms with Crippen molar-refractivity contribution in [3.05, 3.63) is 89.5 Å². The minimum atomic E-state index is -0.322. The van der Waals surface area contributed by atoms with E-state index >= 15 is 0 Å². The summed E-state index contributed by atoms with van der Waals surface area (Å²) in [5, 5.41) is 12.5. The fraction of sp³-hybridized carbons (Fsp3) is 0.281. The van der Waals surface area contributed by atoms with E-state index in [0.29, 0.717) is 12.4 Å².